The molecule has 0 fully saturated rings. The van der Waals surface area contributed by atoms with Crippen LogP contribution in [0.15, 0.2) is 66.9 Å². The van der Waals surface area contributed by atoms with Gasteiger partial charge < -0.3 is 20.7 Å². The maximum atomic E-state index is 12.5. The molecule has 142 valence electrons. The Bertz CT molecular complexity index is 987. The van der Waals surface area contributed by atoms with Crippen molar-refractivity contribution in [2.45, 2.75) is 6.92 Å². The van der Waals surface area contributed by atoms with Gasteiger partial charge in [-0.05, 0) is 54.6 Å². The number of carbonyl (C=O) groups excluding carboxylic acids is 2. The molecule has 3 aromatic rings. The zero-order valence-corrected chi connectivity index (χ0v) is 15.5. The second-order valence-corrected chi connectivity index (χ2v) is 6.00. The van der Waals surface area contributed by atoms with Gasteiger partial charge in [0, 0.05) is 35.7 Å². The average molecular weight is 376 g/mol. The molecule has 0 radical (unpaired) electrons. The summed E-state index contributed by atoms with van der Waals surface area (Å²) in [6.45, 7) is 1.45. The molecule has 0 aliphatic heterocycles. The molecular weight excluding hydrogens is 356 g/mol. The number of ether oxygens (including phenoxy) is 1. The number of carbonyl (C=O) groups is 2. The van der Waals surface area contributed by atoms with E-state index in [0.29, 0.717) is 22.8 Å². The zero-order valence-electron chi connectivity index (χ0n) is 15.5. The minimum absolute atomic E-state index is 0.146. The van der Waals surface area contributed by atoms with Crippen LogP contribution < -0.4 is 20.7 Å². The lowest BCUT2D eigenvalue weighted by molar-refractivity contribution is -0.114. The van der Waals surface area contributed by atoms with Gasteiger partial charge >= 0.3 is 0 Å². The molecule has 7 heteroatoms. The van der Waals surface area contributed by atoms with Gasteiger partial charge in [-0.25, -0.2) is 4.98 Å². The Hall–Kier alpha value is -3.87. The molecule has 1 heterocycles. The van der Waals surface area contributed by atoms with Crippen LogP contribution in [0.25, 0.3) is 0 Å². The summed E-state index contributed by atoms with van der Waals surface area (Å²) in [6, 6.07) is 17.6. The van der Waals surface area contributed by atoms with Crippen molar-refractivity contribution in [1.29, 1.82) is 0 Å². The van der Waals surface area contributed by atoms with Crippen molar-refractivity contribution in [1.82, 2.24) is 4.98 Å². The summed E-state index contributed by atoms with van der Waals surface area (Å²) in [5, 5.41) is 8.69. The maximum Gasteiger partial charge on any atom is 0.255 e. The summed E-state index contributed by atoms with van der Waals surface area (Å²) in [4.78, 5) is 27.9. The SMILES string of the molecule is COc1ccc(NC(=O)c2ccnc(Nc3cccc(NC(C)=O)c3)c2)cc1. The molecule has 2 aromatic carbocycles. The molecule has 0 bridgehead atoms. The van der Waals surface area contributed by atoms with E-state index in [1.54, 1.807) is 61.8 Å². The number of benzene rings is 2. The minimum Gasteiger partial charge on any atom is -0.497 e. The van der Waals surface area contributed by atoms with Gasteiger partial charge in [-0.3, -0.25) is 9.59 Å². The summed E-state index contributed by atoms with van der Waals surface area (Å²) in [6.07, 6.45) is 1.56. The van der Waals surface area contributed by atoms with E-state index in [1.807, 2.05) is 12.1 Å². The van der Waals surface area contributed by atoms with Crippen molar-refractivity contribution in [3.8, 4) is 5.75 Å². The van der Waals surface area contributed by atoms with Crippen LogP contribution in [0.1, 0.15) is 17.3 Å². The van der Waals surface area contributed by atoms with Gasteiger partial charge in [0.05, 0.1) is 7.11 Å². The second-order valence-electron chi connectivity index (χ2n) is 6.00. The lowest BCUT2D eigenvalue weighted by Crippen LogP contribution is -2.12. The van der Waals surface area contributed by atoms with Crippen LogP contribution in [0.2, 0.25) is 0 Å². The molecule has 0 spiro atoms. The molecule has 28 heavy (non-hydrogen) atoms. The van der Waals surface area contributed by atoms with Crippen molar-refractivity contribution in [2.75, 3.05) is 23.1 Å². The largest absolute Gasteiger partial charge is 0.497 e. The number of anilines is 4. The first-order valence-electron chi connectivity index (χ1n) is 8.59. The van der Waals surface area contributed by atoms with Crippen LogP contribution in [0.4, 0.5) is 22.9 Å². The average Bonchev–Trinajstić information content (AvgIpc) is 2.68. The quantitative estimate of drug-likeness (QED) is 0.604. The van der Waals surface area contributed by atoms with Gasteiger partial charge in [0.25, 0.3) is 5.91 Å². The molecule has 0 aliphatic carbocycles. The molecule has 0 unspecified atom stereocenters. The Morgan fingerprint density at radius 1 is 0.893 bits per heavy atom. The van der Waals surface area contributed by atoms with E-state index in [4.69, 9.17) is 4.74 Å². The highest BCUT2D eigenvalue weighted by molar-refractivity contribution is 6.04. The Balaban J connectivity index is 1.71. The standard InChI is InChI=1S/C21H20N4O3/c1-14(26)23-17-4-3-5-18(13-17)24-20-12-15(10-11-22-20)21(27)25-16-6-8-19(28-2)9-7-16/h3-13H,1-2H3,(H,22,24)(H,23,26)(H,25,27). The highest BCUT2D eigenvalue weighted by Gasteiger charge is 2.08. The molecule has 7 nitrogen and oxygen atoms in total. The lowest BCUT2D eigenvalue weighted by atomic mass is 10.2. The summed E-state index contributed by atoms with van der Waals surface area (Å²) in [5.74, 6) is 0.840. The lowest BCUT2D eigenvalue weighted by Gasteiger charge is -2.10. The van der Waals surface area contributed by atoms with Crippen LogP contribution in [-0.4, -0.2) is 23.9 Å². The normalized spacial score (nSPS) is 10.1. The van der Waals surface area contributed by atoms with Gasteiger partial charge in [-0.2, -0.15) is 0 Å². The van der Waals surface area contributed by atoms with Gasteiger partial charge in [0.2, 0.25) is 5.91 Å². The fraction of sp³-hybridized carbons (Fsp3) is 0.0952. The fourth-order valence-electron chi connectivity index (χ4n) is 2.54. The number of nitrogens with zero attached hydrogens (tertiary/aromatic N) is 1. The summed E-state index contributed by atoms with van der Waals surface area (Å²) < 4.78 is 5.11. The van der Waals surface area contributed by atoms with Crippen LogP contribution in [0.3, 0.4) is 0 Å². The van der Waals surface area contributed by atoms with E-state index in [9.17, 15) is 9.59 Å². The van der Waals surface area contributed by atoms with Crippen LogP contribution in [0.5, 0.6) is 5.75 Å². The van der Waals surface area contributed by atoms with Gasteiger partial charge in [-0.15, -0.1) is 0 Å². The molecule has 3 N–H and O–H groups in total. The first-order valence-corrected chi connectivity index (χ1v) is 8.59. The predicted molar refractivity (Wildman–Crippen MR) is 109 cm³/mol. The molecular formula is C21H20N4O3. The van der Waals surface area contributed by atoms with Crippen molar-refractivity contribution in [2.24, 2.45) is 0 Å². The number of methoxy groups -OCH3 is 1. The fourth-order valence-corrected chi connectivity index (χ4v) is 2.54. The van der Waals surface area contributed by atoms with Crippen LogP contribution in [-0.2, 0) is 4.79 Å². The number of aromatic nitrogens is 1. The third-order valence-corrected chi connectivity index (χ3v) is 3.83. The molecule has 0 atom stereocenters. The number of amides is 2. The van der Waals surface area contributed by atoms with E-state index in [1.165, 1.54) is 6.92 Å². The van der Waals surface area contributed by atoms with E-state index in [0.717, 1.165) is 11.4 Å². The first kappa shape index (κ1) is 18.9. The molecule has 0 saturated heterocycles. The number of rotatable bonds is 6. The Morgan fingerprint density at radius 2 is 1.64 bits per heavy atom. The predicted octanol–water partition coefficient (Wildman–Crippen LogP) is 4.04. The maximum absolute atomic E-state index is 12.5. The smallest absolute Gasteiger partial charge is 0.255 e. The first-order chi connectivity index (χ1) is 13.5. The van der Waals surface area contributed by atoms with Gasteiger partial charge in [0.1, 0.15) is 11.6 Å². The van der Waals surface area contributed by atoms with Crippen molar-refractivity contribution >= 4 is 34.7 Å². The third kappa shape index (κ3) is 5.07. The molecule has 2 amide bonds. The van der Waals surface area contributed by atoms with E-state index in [2.05, 4.69) is 20.9 Å². The van der Waals surface area contributed by atoms with E-state index < -0.39 is 0 Å². The number of hydrogen-bond donors (Lipinski definition) is 3. The van der Waals surface area contributed by atoms with E-state index in [-0.39, 0.29) is 11.8 Å². The Labute approximate surface area is 162 Å². The van der Waals surface area contributed by atoms with E-state index >= 15 is 0 Å². The van der Waals surface area contributed by atoms with Crippen molar-refractivity contribution in [3.63, 3.8) is 0 Å². The van der Waals surface area contributed by atoms with Crippen molar-refractivity contribution in [3.05, 3.63) is 72.4 Å². The topological polar surface area (TPSA) is 92.3 Å². The highest BCUT2D eigenvalue weighted by atomic mass is 16.5. The summed E-state index contributed by atoms with van der Waals surface area (Å²) >= 11 is 0. The molecule has 1 aromatic heterocycles. The molecule has 0 saturated carbocycles. The second kappa shape index (κ2) is 8.68. The summed E-state index contributed by atoms with van der Waals surface area (Å²) in [5.41, 5.74) is 2.55. The highest BCUT2D eigenvalue weighted by Crippen LogP contribution is 2.20. The number of pyridine rings is 1. The van der Waals surface area contributed by atoms with Crippen molar-refractivity contribution < 1.29 is 14.3 Å². The van der Waals surface area contributed by atoms with Gasteiger partial charge in [0.15, 0.2) is 0 Å². The molecule has 0 aliphatic rings. The number of nitrogens with one attached hydrogen (secondary N) is 3. The molecule has 3 rings (SSSR count). The monoisotopic (exact) mass is 376 g/mol. The zero-order chi connectivity index (χ0) is 19.9. The Kier molecular flexibility index (Phi) is 5.86. The van der Waals surface area contributed by atoms with Crippen LogP contribution >= 0.6 is 0 Å². The number of hydrogen-bond acceptors (Lipinski definition) is 5. The third-order valence-electron chi connectivity index (χ3n) is 3.83. The van der Waals surface area contributed by atoms with Crippen LogP contribution in [0, 0.1) is 0 Å². The minimum atomic E-state index is -0.248. The van der Waals surface area contributed by atoms with Gasteiger partial charge in [-0.1, -0.05) is 6.07 Å². The summed E-state index contributed by atoms with van der Waals surface area (Å²) in [7, 11) is 1.59. The Morgan fingerprint density at radius 3 is 2.36 bits per heavy atom.